The number of carbonyl (C=O) groups is 1. The fourth-order valence-corrected chi connectivity index (χ4v) is 2.28. The van der Waals surface area contributed by atoms with Gasteiger partial charge in [0.2, 0.25) is 6.29 Å². The van der Waals surface area contributed by atoms with Gasteiger partial charge in [-0.1, -0.05) is 26.0 Å². The Morgan fingerprint density at radius 2 is 1.92 bits per heavy atom. The molecule has 0 aliphatic carbocycles. The number of hydrogen-bond acceptors (Lipinski definition) is 7. The molecule has 1 aliphatic rings. The molecule has 0 spiro atoms. The Morgan fingerprint density at radius 3 is 2.48 bits per heavy atom. The third kappa shape index (κ3) is 5.02. The second kappa shape index (κ2) is 10.1. The minimum Gasteiger partial charge on any atom is -0.493 e. The summed E-state index contributed by atoms with van der Waals surface area (Å²) in [5, 5.41) is 28.6. The van der Waals surface area contributed by atoms with Crippen LogP contribution in [0.3, 0.4) is 0 Å². The molecule has 0 radical (unpaired) electrons. The summed E-state index contributed by atoms with van der Waals surface area (Å²) in [5.74, 6) is -0.188. The molecule has 4 atom stereocenters. The highest BCUT2D eigenvalue weighted by atomic mass is 16.7. The van der Waals surface area contributed by atoms with Crippen LogP contribution in [-0.2, 0) is 16.0 Å². The lowest BCUT2D eigenvalue weighted by molar-refractivity contribution is -0.229. The second-order valence-corrected chi connectivity index (χ2v) is 5.11. The van der Waals surface area contributed by atoms with E-state index in [2.05, 4.69) is 6.58 Å². The van der Waals surface area contributed by atoms with Crippen LogP contribution in [0.25, 0.3) is 0 Å². The molecule has 0 amide bonds. The van der Waals surface area contributed by atoms with E-state index in [1.807, 2.05) is 13.8 Å². The highest BCUT2D eigenvalue weighted by Gasteiger charge is 2.44. The van der Waals surface area contributed by atoms with Crippen molar-refractivity contribution in [2.75, 3.05) is 13.7 Å². The van der Waals surface area contributed by atoms with Gasteiger partial charge >= 0.3 is 0 Å². The van der Waals surface area contributed by atoms with E-state index >= 15 is 0 Å². The van der Waals surface area contributed by atoms with E-state index < -0.39 is 37.0 Å². The molecular formula is C18H26O7. The molecule has 2 rings (SSSR count). The van der Waals surface area contributed by atoms with Gasteiger partial charge in [-0.2, -0.15) is 0 Å². The minimum atomic E-state index is -1.66. The zero-order valence-electron chi connectivity index (χ0n) is 14.7. The lowest BCUT2D eigenvalue weighted by Gasteiger charge is -2.35. The largest absolute Gasteiger partial charge is 0.493 e. The summed E-state index contributed by atoms with van der Waals surface area (Å²) in [4.78, 5) is 11.8. The average Bonchev–Trinajstić information content (AvgIpc) is 2.65. The van der Waals surface area contributed by atoms with Crippen LogP contribution < -0.4 is 9.47 Å². The molecule has 1 aromatic rings. The van der Waals surface area contributed by atoms with Crippen LogP contribution in [0.15, 0.2) is 30.9 Å². The highest BCUT2D eigenvalue weighted by Crippen LogP contribution is 2.31. The Balaban J connectivity index is 0.00000151. The molecule has 3 N–H and O–H groups in total. The molecule has 1 heterocycles. The number of rotatable bonds is 6. The van der Waals surface area contributed by atoms with Crippen molar-refractivity contribution in [3.8, 4) is 11.5 Å². The van der Waals surface area contributed by atoms with Gasteiger partial charge in [-0.25, -0.2) is 0 Å². The van der Waals surface area contributed by atoms with Crippen molar-refractivity contribution < 1.29 is 34.3 Å². The number of ketones is 1. The van der Waals surface area contributed by atoms with Crippen LogP contribution in [0, 0.1) is 0 Å². The van der Waals surface area contributed by atoms with Crippen molar-refractivity contribution in [2.24, 2.45) is 0 Å². The van der Waals surface area contributed by atoms with E-state index in [9.17, 15) is 15.0 Å². The van der Waals surface area contributed by atoms with E-state index in [1.165, 1.54) is 7.11 Å². The average molecular weight is 354 g/mol. The third-order valence-electron chi connectivity index (χ3n) is 3.53. The number of allylic oxidation sites excluding steroid dienone is 1. The maximum atomic E-state index is 11.8. The standard InChI is InChI=1S/C16H20O7.C2H6/c1-3-4-9-5-6-10(11(7-9)21-2)22-16-15(20)14(19)13(18)12(8-17)23-16;1-2/h3,5-7,12-13,15-18,20H,1,4,8H2,2H3;1-2H3/t12-,13-,15-,16+;/m1./s1. The highest BCUT2D eigenvalue weighted by molar-refractivity contribution is 5.88. The molecule has 1 aromatic carbocycles. The van der Waals surface area contributed by atoms with E-state index in [0.29, 0.717) is 12.2 Å². The van der Waals surface area contributed by atoms with Gasteiger partial charge in [0.05, 0.1) is 13.7 Å². The van der Waals surface area contributed by atoms with E-state index in [1.54, 1.807) is 24.3 Å². The van der Waals surface area contributed by atoms with Gasteiger partial charge in [0.15, 0.2) is 23.4 Å². The van der Waals surface area contributed by atoms with E-state index in [4.69, 9.17) is 19.3 Å². The maximum Gasteiger partial charge on any atom is 0.234 e. The third-order valence-corrected chi connectivity index (χ3v) is 3.53. The van der Waals surface area contributed by atoms with Crippen molar-refractivity contribution in [3.63, 3.8) is 0 Å². The van der Waals surface area contributed by atoms with E-state index in [-0.39, 0.29) is 5.75 Å². The minimum absolute atomic E-state index is 0.269. The summed E-state index contributed by atoms with van der Waals surface area (Å²) in [5.41, 5.74) is 0.953. The molecule has 1 fully saturated rings. The first-order valence-corrected chi connectivity index (χ1v) is 8.12. The molecule has 140 valence electrons. The Labute approximate surface area is 147 Å². The predicted octanol–water partition coefficient (Wildman–Crippen LogP) is 0.837. The molecular weight excluding hydrogens is 328 g/mol. The van der Waals surface area contributed by atoms with Crippen molar-refractivity contribution in [3.05, 3.63) is 36.4 Å². The number of aliphatic hydroxyl groups is 3. The zero-order valence-corrected chi connectivity index (χ0v) is 14.7. The molecule has 0 saturated carbocycles. The Kier molecular flexibility index (Phi) is 8.57. The number of aliphatic hydroxyl groups excluding tert-OH is 3. The summed E-state index contributed by atoms with van der Waals surface area (Å²) in [6.45, 7) is 7.09. The Morgan fingerprint density at radius 1 is 1.24 bits per heavy atom. The van der Waals surface area contributed by atoms with Gasteiger partial charge in [0.1, 0.15) is 12.2 Å². The van der Waals surface area contributed by atoms with Crippen molar-refractivity contribution in [2.45, 2.75) is 44.9 Å². The first-order valence-electron chi connectivity index (χ1n) is 8.12. The molecule has 1 aliphatic heterocycles. The predicted molar refractivity (Wildman–Crippen MR) is 91.6 cm³/mol. The quantitative estimate of drug-likeness (QED) is 0.650. The number of ether oxygens (including phenoxy) is 3. The summed E-state index contributed by atoms with van der Waals surface area (Å²) < 4.78 is 16.0. The van der Waals surface area contributed by atoms with Gasteiger partial charge in [-0.05, 0) is 24.1 Å². The van der Waals surface area contributed by atoms with Gasteiger partial charge < -0.3 is 29.5 Å². The molecule has 25 heavy (non-hydrogen) atoms. The number of Topliss-reactive ketones (excluding diaryl/α,β-unsaturated/α-hetero) is 1. The van der Waals surface area contributed by atoms with Crippen LogP contribution in [-0.4, -0.2) is 59.4 Å². The molecule has 7 nitrogen and oxygen atoms in total. The van der Waals surface area contributed by atoms with Crippen LogP contribution >= 0.6 is 0 Å². The zero-order chi connectivity index (χ0) is 19.0. The topological polar surface area (TPSA) is 105 Å². The molecule has 0 bridgehead atoms. The Bertz CT molecular complexity index is 573. The van der Waals surface area contributed by atoms with Crippen LogP contribution in [0.2, 0.25) is 0 Å². The number of hydrogen-bond donors (Lipinski definition) is 3. The summed E-state index contributed by atoms with van der Waals surface area (Å²) in [6, 6.07) is 5.15. The fraction of sp³-hybridized carbons (Fsp3) is 0.500. The van der Waals surface area contributed by atoms with Crippen molar-refractivity contribution >= 4 is 5.78 Å². The number of methoxy groups -OCH3 is 1. The lowest BCUT2D eigenvalue weighted by Crippen LogP contribution is -2.57. The monoisotopic (exact) mass is 354 g/mol. The van der Waals surface area contributed by atoms with Gasteiger partial charge in [-0.3, -0.25) is 4.79 Å². The first-order chi connectivity index (χ1) is 12.0. The SMILES string of the molecule is C=CCc1ccc(O[C@H]2O[C@H](CO)[C@@H](O)C(=O)[C@H]2O)c(OC)c1.CC. The van der Waals surface area contributed by atoms with Crippen molar-refractivity contribution in [1.82, 2.24) is 0 Å². The summed E-state index contributed by atoms with van der Waals surface area (Å²) in [7, 11) is 1.46. The lowest BCUT2D eigenvalue weighted by atomic mass is 10.0. The molecule has 0 aromatic heterocycles. The van der Waals surface area contributed by atoms with Crippen LogP contribution in [0.4, 0.5) is 0 Å². The van der Waals surface area contributed by atoms with Crippen molar-refractivity contribution in [1.29, 1.82) is 0 Å². The smallest absolute Gasteiger partial charge is 0.234 e. The number of carbonyl (C=O) groups excluding carboxylic acids is 1. The van der Waals surface area contributed by atoms with Crippen LogP contribution in [0.1, 0.15) is 19.4 Å². The molecule has 0 unspecified atom stereocenters. The summed E-state index contributed by atoms with van der Waals surface area (Å²) >= 11 is 0. The second-order valence-electron chi connectivity index (χ2n) is 5.11. The first kappa shape index (κ1) is 21.1. The van der Waals surface area contributed by atoms with Gasteiger partial charge in [-0.15, -0.1) is 6.58 Å². The normalized spacial score (nSPS) is 25.6. The van der Waals surface area contributed by atoms with Gasteiger partial charge in [0.25, 0.3) is 0 Å². The Hall–Kier alpha value is -1.93. The summed E-state index contributed by atoms with van der Waals surface area (Å²) in [6.07, 6.45) is -3.35. The molecule has 1 saturated heterocycles. The van der Waals surface area contributed by atoms with E-state index in [0.717, 1.165) is 5.56 Å². The molecule has 7 heteroatoms. The maximum absolute atomic E-state index is 11.8. The van der Waals surface area contributed by atoms with Crippen LogP contribution in [0.5, 0.6) is 11.5 Å². The van der Waals surface area contributed by atoms with Gasteiger partial charge in [0, 0.05) is 0 Å². The number of benzene rings is 1. The fourth-order valence-electron chi connectivity index (χ4n) is 2.28.